The van der Waals surface area contributed by atoms with Crippen LogP contribution in [0.5, 0.6) is 0 Å². The van der Waals surface area contributed by atoms with E-state index < -0.39 is 16.9 Å². The quantitative estimate of drug-likeness (QED) is 0.586. The van der Waals surface area contributed by atoms with E-state index in [-0.39, 0.29) is 11.3 Å². The highest BCUT2D eigenvalue weighted by atomic mass is 32.2. The van der Waals surface area contributed by atoms with Crippen LogP contribution < -0.4 is 5.32 Å². The van der Waals surface area contributed by atoms with Crippen molar-refractivity contribution in [2.24, 2.45) is 0 Å². The summed E-state index contributed by atoms with van der Waals surface area (Å²) in [6.45, 7) is 1.19. The zero-order valence-electron chi connectivity index (χ0n) is 14.2. The number of carbonyl (C=O) groups excluding carboxylic acids is 2. The van der Waals surface area contributed by atoms with Crippen LogP contribution in [0.25, 0.3) is 0 Å². The van der Waals surface area contributed by atoms with Crippen LogP contribution in [0.3, 0.4) is 0 Å². The molecule has 1 aliphatic rings. The lowest BCUT2D eigenvalue weighted by atomic mass is 10.2. The Balaban J connectivity index is 1.91. The normalized spacial score (nSPS) is 16.8. The third-order valence-electron chi connectivity index (χ3n) is 3.60. The number of benzene rings is 1. The summed E-state index contributed by atoms with van der Waals surface area (Å²) in [7, 11) is 0. The molecule has 1 saturated heterocycles. The van der Waals surface area contributed by atoms with Crippen molar-refractivity contribution in [1.29, 1.82) is 0 Å². The standard InChI is InChI=1S/C16H21N3O4S3/c20-15(13-1-3-14(4-2-13)19(22)23)17-16(21)18-5-7-24-9-11-26-12-10-25-8-6-18/h1-4H,5-12H2,(H,17,20,21). The highest BCUT2D eigenvalue weighted by Crippen LogP contribution is 2.14. The molecule has 0 bridgehead atoms. The van der Waals surface area contributed by atoms with Gasteiger partial charge in [-0.2, -0.15) is 35.3 Å². The Bertz CT molecular complexity index is 616. The van der Waals surface area contributed by atoms with E-state index >= 15 is 0 Å². The van der Waals surface area contributed by atoms with Gasteiger partial charge >= 0.3 is 6.03 Å². The number of amides is 3. The number of urea groups is 1. The zero-order chi connectivity index (χ0) is 18.8. The molecule has 1 heterocycles. The van der Waals surface area contributed by atoms with E-state index in [0.29, 0.717) is 13.1 Å². The van der Waals surface area contributed by atoms with Crippen molar-refractivity contribution in [1.82, 2.24) is 10.2 Å². The molecule has 10 heteroatoms. The summed E-state index contributed by atoms with van der Waals surface area (Å²) in [5, 5.41) is 13.0. The number of imide groups is 1. The summed E-state index contributed by atoms with van der Waals surface area (Å²) in [4.78, 5) is 36.5. The molecular formula is C16H21N3O4S3. The Morgan fingerprint density at radius 2 is 1.42 bits per heavy atom. The van der Waals surface area contributed by atoms with Crippen LogP contribution in [-0.2, 0) is 0 Å². The fourth-order valence-electron chi connectivity index (χ4n) is 2.19. The molecule has 1 aliphatic heterocycles. The lowest BCUT2D eigenvalue weighted by molar-refractivity contribution is -0.384. The van der Waals surface area contributed by atoms with Crippen molar-refractivity contribution in [2.75, 3.05) is 47.6 Å². The zero-order valence-corrected chi connectivity index (χ0v) is 16.7. The van der Waals surface area contributed by atoms with Crippen LogP contribution in [0, 0.1) is 10.1 Å². The number of nitro groups is 1. The average Bonchev–Trinajstić information content (AvgIpc) is 2.62. The van der Waals surface area contributed by atoms with Gasteiger partial charge in [-0.25, -0.2) is 4.79 Å². The first-order valence-electron chi connectivity index (χ1n) is 8.16. The highest BCUT2D eigenvalue weighted by Gasteiger charge is 2.18. The number of hydrogen-bond donors (Lipinski definition) is 1. The third kappa shape index (κ3) is 7.08. The van der Waals surface area contributed by atoms with E-state index in [4.69, 9.17) is 0 Å². The van der Waals surface area contributed by atoms with E-state index in [9.17, 15) is 19.7 Å². The number of thioether (sulfide) groups is 3. The highest BCUT2D eigenvalue weighted by molar-refractivity contribution is 8.04. The van der Waals surface area contributed by atoms with Gasteiger partial charge in [0.25, 0.3) is 11.6 Å². The molecule has 26 heavy (non-hydrogen) atoms. The monoisotopic (exact) mass is 415 g/mol. The maximum absolute atomic E-state index is 12.4. The van der Waals surface area contributed by atoms with E-state index in [2.05, 4.69) is 5.32 Å². The summed E-state index contributed by atoms with van der Waals surface area (Å²) < 4.78 is 0. The Hall–Kier alpha value is -1.39. The average molecular weight is 416 g/mol. The fourth-order valence-corrected chi connectivity index (χ4v) is 5.39. The first kappa shape index (κ1) is 20.9. The van der Waals surface area contributed by atoms with Crippen molar-refractivity contribution in [3.63, 3.8) is 0 Å². The predicted octanol–water partition coefficient (Wildman–Crippen LogP) is 2.96. The second-order valence-electron chi connectivity index (χ2n) is 5.39. The molecule has 0 spiro atoms. The van der Waals surface area contributed by atoms with Crippen molar-refractivity contribution in [3.05, 3.63) is 39.9 Å². The van der Waals surface area contributed by atoms with E-state index in [1.54, 1.807) is 4.90 Å². The molecule has 0 aromatic heterocycles. The van der Waals surface area contributed by atoms with Crippen LogP contribution in [0.1, 0.15) is 10.4 Å². The number of hydrogen-bond acceptors (Lipinski definition) is 7. The SMILES string of the molecule is O=C(NC(=O)N1CCSCCSCCSCC1)c1ccc([N+](=O)[O-])cc1. The van der Waals surface area contributed by atoms with Gasteiger partial charge in [0.15, 0.2) is 0 Å². The van der Waals surface area contributed by atoms with Gasteiger partial charge in [0, 0.05) is 65.3 Å². The molecule has 1 fully saturated rings. The lowest BCUT2D eigenvalue weighted by Crippen LogP contribution is -2.45. The minimum atomic E-state index is -0.548. The van der Waals surface area contributed by atoms with E-state index in [1.807, 2.05) is 35.3 Å². The molecule has 7 nitrogen and oxygen atoms in total. The molecule has 0 unspecified atom stereocenters. The molecule has 1 aromatic rings. The topological polar surface area (TPSA) is 92.6 Å². The second-order valence-corrected chi connectivity index (χ2v) is 9.06. The number of carbonyl (C=O) groups is 2. The largest absolute Gasteiger partial charge is 0.324 e. The molecule has 3 amide bonds. The first-order valence-corrected chi connectivity index (χ1v) is 11.6. The van der Waals surface area contributed by atoms with E-state index in [1.165, 1.54) is 24.3 Å². The summed E-state index contributed by atoms with van der Waals surface area (Å²) in [6.07, 6.45) is 0. The van der Waals surface area contributed by atoms with Crippen LogP contribution in [0.2, 0.25) is 0 Å². The van der Waals surface area contributed by atoms with Crippen molar-refractivity contribution < 1.29 is 14.5 Å². The summed E-state index contributed by atoms with van der Waals surface area (Å²) in [5.74, 6) is 5.49. The first-order chi connectivity index (χ1) is 12.6. The molecule has 0 aliphatic carbocycles. The van der Waals surface area contributed by atoms with Gasteiger partial charge < -0.3 is 4.90 Å². The molecule has 0 atom stereocenters. The molecule has 0 saturated carbocycles. The molecule has 1 N–H and O–H groups in total. The van der Waals surface area contributed by atoms with Crippen LogP contribution in [0.4, 0.5) is 10.5 Å². The van der Waals surface area contributed by atoms with E-state index in [0.717, 1.165) is 34.5 Å². The smallest absolute Gasteiger partial charge is 0.323 e. The van der Waals surface area contributed by atoms with Crippen molar-refractivity contribution >= 4 is 52.9 Å². The molecule has 0 radical (unpaired) electrons. The number of rotatable bonds is 2. The Labute approximate surface area is 165 Å². The second kappa shape index (κ2) is 11.3. The molecule has 1 aromatic carbocycles. The van der Waals surface area contributed by atoms with Crippen LogP contribution >= 0.6 is 35.3 Å². The van der Waals surface area contributed by atoms with Crippen molar-refractivity contribution in [3.8, 4) is 0 Å². The van der Waals surface area contributed by atoms with Crippen LogP contribution in [-0.4, -0.2) is 69.4 Å². The van der Waals surface area contributed by atoms with Gasteiger partial charge in [-0.05, 0) is 12.1 Å². The number of nitrogens with one attached hydrogen (secondary N) is 1. The van der Waals surface area contributed by atoms with Gasteiger partial charge in [0.05, 0.1) is 4.92 Å². The van der Waals surface area contributed by atoms with Gasteiger partial charge in [-0.3, -0.25) is 20.2 Å². The Kier molecular flexibility index (Phi) is 9.13. The fraction of sp³-hybridized carbons (Fsp3) is 0.500. The van der Waals surface area contributed by atoms with Crippen molar-refractivity contribution in [2.45, 2.75) is 0 Å². The van der Waals surface area contributed by atoms with Gasteiger partial charge in [-0.15, -0.1) is 0 Å². The summed E-state index contributed by atoms with van der Waals surface area (Å²) in [5.41, 5.74) is 0.127. The Morgan fingerprint density at radius 3 is 1.92 bits per heavy atom. The third-order valence-corrected chi connectivity index (χ3v) is 7.03. The molecule has 142 valence electrons. The number of nitrogens with zero attached hydrogens (tertiary/aromatic N) is 2. The predicted molar refractivity (Wildman–Crippen MR) is 110 cm³/mol. The van der Waals surface area contributed by atoms with Gasteiger partial charge in [-0.1, -0.05) is 0 Å². The number of nitro benzene ring substituents is 1. The summed E-state index contributed by atoms with van der Waals surface area (Å²) in [6, 6.07) is 4.78. The maximum atomic E-state index is 12.4. The van der Waals surface area contributed by atoms with Gasteiger partial charge in [0.1, 0.15) is 0 Å². The Morgan fingerprint density at radius 1 is 0.923 bits per heavy atom. The summed E-state index contributed by atoms with van der Waals surface area (Å²) >= 11 is 5.58. The molecular weight excluding hydrogens is 394 g/mol. The maximum Gasteiger partial charge on any atom is 0.324 e. The molecule has 2 rings (SSSR count). The van der Waals surface area contributed by atoms with Gasteiger partial charge in [0.2, 0.25) is 0 Å². The lowest BCUT2D eigenvalue weighted by Gasteiger charge is -2.23. The minimum Gasteiger partial charge on any atom is -0.323 e. The number of non-ortho nitro benzene ring substituents is 1. The minimum absolute atomic E-state index is 0.0943. The van der Waals surface area contributed by atoms with Crippen LogP contribution in [0.15, 0.2) is 24.3 Å².